The monoisotopic (exact) mass is 392 g/mol. The fourth-order valence-corrected chi connectivity index (χ4v) is 6.05. The number of carbonyl (C=O) groups excluding carboxylic acids is 1. The Bertz CT molecular complexity index is 752. The first-order valence-corrected chi connectivity index (χ1v) is 11.1. The molecule has 1 amide bonds. The van der Waals surface area contributed by atoms with Crippen molar-refractivity contribution in [2.45, 2.75) is 80.0 Å². The Labute approximate surface area is 161 Å². The zero-order chi connectivity index (χ0) is 17.9. The van der Waals surface area contributed by atoms with Crippen molar-refractivity contribution in [3.63, 3.8) is 0 Å². The molecule has 1 atom stereocenters. The molecule has 9 heteroatoms. The molecule has 1 unspecified atom stereocenters. The fourth-order valence-electron chi connectivity index (χ4n) is 3.76. The van der Waals surface area contributed by atoms with Crippen LogP contribution in [0.25, 0.3) is 0 Å². The number of nitrogens with zero attached hydrogens (tertiary/aromatic N) is 5. The Morgan fingerprint density at radius 2 is 2.12 bits per heavy atom. The van der Waals surface area contributed by atoms with Gasteiger partial charge in [0.05, 0.1) is 5.92 Å². The summed E-state index contributed by atoms with van der Waals surface area (Å²) in [5, 5.41) is 17.9. The quantitative estimate of drug-likeness (QED) is 0.861. The van der Waals surface area contributed by atoms with Gasteiger partial charge in [0.2, 0.25) is 5.91 Å². The minimum atomic E-state index is -0.210. The van der Waals surface area contributed by atoms with Crippen LogP contribution >= 0.6 is 23.1 Å². The van der Waals surface area contributed by atoms with Gasteiger partial charge in [-0.2, -0.15) is 0 Å². The summed E-state index contributed by atoms with van der Waals surface area (Å²) < 4.78 is 2.96. The Hall–Kier alpha value is -1.48. The van der Waals surface area contributed by atoms with Crippen molar-refractivity contribution in [1.82, 2.24) is 30.5 Å². The average molecular weight is 393 g/mol. The first kappa shape index (κ1) is 17.9. The van der Waals surface area contributed by atoms with Crippen LogP contribution in [0, 0.1) is 6.92 Å². The van der Waals surface area contributed by atoms with E-state index >= 15 is 0 Å². The lowest BCUT2D eigenvalue weighted by Gasteiger charge is -2.29. The van der Waals surface area contributed by atoms with Crippen molar-refractivity contribution >= 4 is 29.0 Å². The molecule has 1 fully saturated rings. The second-order valence-corrected chi connectivity index (χ2v) is 9.57. The smallest absolute Gasteiger partial charge is 0.231 e. The number of thiazole rings is 1. The lowest BCUT2D eigenvalue weighted by atomic mass is 9.93. The highest BCUT2D eigenvalue weighted by molar-refractivity contribution is 8.01. The topological polar surface area (TPSA) is 85.6 Å². The molecule has 1 aliphatic heterocycles. The van der Waals surface area contributed by atoms with Crippen molar-refractivity contribution in [2.24, 2.45) is 0 Å². The maximum Gasteiger partial charge on any atom is 0.231 e. The molecular formula is C17H24N6OS2. The van der Waals surface area contributed by atoms with Gasteiger partial charge in [0, 0.05) is 28.9 Å². The first-order chi connectivity index (χ1) is 12.7. The van der Waals surface area contributed by atoms with E-state index in [9.17, 15) is 4.79 Å². The van der Waals surface area contributed by atoms with E-state index in [0.717, 1.165) is 63.0 Å². The van der Waals surface area contributed by atoms with Crippen LogP contribution in [0.5, 0.6) is 0 Å². The Morgan fingerprint density at radius 3 is 2.88 bits per heavy atom. The molecule has 0 saturated heterocycles. The van der Waals surface area contributed by atoms with E-state index < -0.39 is 0 Å². The number of hydrogen-bond acceptors (Lipinski definition) is 7. The third-order valence-electron chi connectivity index (χ3n) is 5.19. The van der Waals surface area contributed by atoms with Gasteiger partial charge in [-0.25, -0.2) is 9.67 Å². The second-order valence-electron chi connectivity index (χ2n) is 7.16. The summed E-state index contributed by atoms with van der Waals surface area (Å²) in [7, 11) is 0. The van der Waals surface area contributed by atoms with Gasteiger partial charge < -0.3 is 5.32 Å². The fraction of sp³-hybridized carbons (Fsp3) is 0.706. The number of aryl methyl sites for hydroxylation is 2. The molecule has 1 N–H and O–H groups in total. The van der Waals surface area contributed by atoms with E-state index in [-0.39, 0.29) is 17.9 Å². The van der Waals surface area contributed by atoms with Crippen molar-refractivity contribution < 1.29 is 4.79 Å². The first-order valence-electron chi connectivity index (χ1n) is 9.34. The lowest BCUT2D eigenvalue weighted by Crippen LogP contribution is -2.41. The van der Waals surface area contributed by atoms with Crippen LogP contribution in [-0.2, 0) is 11.3 Å². The summed E-state index contributed by atoms with van der Waals surface area (Å²) in [5.74, 6) is 0.607. The molecule has 26 heavy (non-hydrogen) atoms. The van der Waals surface area contributed by atoms with E-state index in [0.29, 0.717) is 5.25 Å². The molecule has 0 aromatic carbocycles. The highest BCUT2D eigenvalue weighted by Gasteiger charge is 2.31. The van der Waals surface area contributed by atoms with Crippen molar-refractivity contribution in [3.8, 4) is 0 Å². The summed E-state index contributed by atoms with van der Waals surface area (Å²) in [4.78, 5) is 17.4. The van der Waals surface area contributed by atoms with Gasteiger partial charge in [-0.15, -0.1) is 16.4 Å². The molecule has 0 spiro atoms. The number of rotatable bonds is 4. The van der Waals surface area contributed by atoms with Crippen LogP contribution in [0.2, 0.25) is 0 Å². The zero-order valence-electron chi connectivity index (χ0n) is 14.9. The Kier molecular flexibility index (Phi) is 5.54. The van der Waals surface area contributed by atoms with Gasteiger partial charge in [-0.05, 0) is 55.9 Å². The third kappa shape index (κ3) is 4.09. The second kappa shape index (κ2) is 8.04. The van der Waals surface area contributed by atoms with Crippen LogP contribution < -0.4 is 5.32 Å². The highest BCUT2D eigenvalue weighted by atomic mass is 32.2. The lowest BCUT2D eigenvalue weighted by molar-refractivity contribution is -0.123. The molecule has 2 aliphatic rings. The number of aromatic nitrogens is 5. The van der Waals surface area contributed by atoms with Crippen LogP contribution in [-0.4, -0.2) is 42.4 Å². The van der Waals surface area contributed by atoms with Gasteiger partial charge in [-0.1, -0.05) is 18.2 Å². The molecule has 0 bridgehead atoms. The Morgan fingerprint density at radius 1 is 1.27 bits per heavy atom. The molecule has 3 heterocycles. The van der Waals surface area contributed by atoms with E-state index in [4.69, 9.17) is 0 Å². The normalized spacial score (nSPS) is 26.1. The van der Waals surface area contributed by atoms with Crippen molar-refractivity contribution in [2.75, 3.05) is 0 Å². The number of hydrogen-bond donors (Lipinski definition) is 1. The van der Waals surface area contributed by atoms with Crippen molar-refractivity contribution in [3.05, 3.63) is 16.9 Å². The number of nitrogens with one attached hydrogen (secondary N) is 1. The third-order valence-corrected chi connectivity index (χ3v) is 7.61. The van der Waals surface area contributed by atoms with Gasteiger partial charge in [0.15, 0.2) is 5.82 Å². The van der Waals surface area contributed by atoms with E-state index in [1.807, 2.05) is 18.7 Å². The van der Waals surface area contributed by atoms with Gasteiger partial charge in [0.25, 0.3) is 0 Å². The zero-order valence-corrected chi connectivity index (χ0v) is 16.6. The standard InChI is InChI=1S/C17H24N6OS2/c1-11-10-25-17(18-11)26-13-7-5-12(6-8-13)19-16(24)14-4-2-3-9-23-15(14)20-21-22-23/h10,12-14H,2-9H2,1H3,(H,19,24). The molecule has 1 aliphatic carbocycles. The number of carbonyl (C=O) groups is 1. The van der Waals surface area contributed by atoms with Crippen LogP contribution in [0.15, 0.2) is 9.72 Å². The SMILES string of the molecule is Cc1csc(SC2CCC(NC(=O)C3CCCCn4nnnc43)CC2)n1. The maximum absolute atomic E-state index is 12.8. The van der Waals surface area contributed by atoms with E-state index in [1.54, 1.807) is 16.0 Å². The molecule has 2 aromatic heterocycles. The molecule has 2 aromatic rings. The molecular weight excluding hydrogens is 368 g/mol. The summed E-state index contributed by atoms with van der Waals surface area (Å²) in [5.41, 5.74) is 1.10. The predicted molar refractivity (Wildman–Crippen MR) is 101 cm³/mol. The van der Waals surface area contributed by atoms with Crippen LogP contribution in [0.1, 0.15) is 62.4 Å². The van der Waals surface area contributed by atoms with Crippen molar-refractivity contribution in [1.29, 1.82) is 0 Å². The van der Waals surface area contributed by atoms with E-state index in [2.05, 4.69) is 31.2 Å². The minimum absolute atomic E-state index is 0.0922. The molecule has 140 valence electrons. The molecule has 0 radical (unpaired) electrons. The predicted octanol–water partition coefficient (Wildman–Crippen LogP) is 2.93. The summed E-state index contributed by atoms with van der Waals surface area (Å²) in [6.07, 6.45) is 7.20. The molecule has 1 saturated carbocycles. The van der Waals surface area contributed by atoms with Gasteiger partial charge in [0.1, 0.15) is 4.34 Å². The van der Waals surface area contributed by atoms with Crippen LogP contribution in [0.4, 0.5) is 0 Å². The van der Waals surface area contributed by atoms with Gasteiger partial charge >= 0.3 is 0 Å². The Balaban J connectivity index is 1.30. The molecule has 7 nitrogen and oxygen atoms in total. The van der Waals surface area contributed by atoms with Crippen LogP contribution in [0.3, 0.4) is 0 Å². The largest absolute Gasteiger partial charge is 0.353 e. The summed E-state index contributed by atoms with van der Waals surface area (Å²) >= 11 is 3.62. The van der Waals surface area contributed by atoms with Gasteiger partial charge in [-0.3, -0.25) is 4.79 Å². The number of thioether (sulfide) groups is 1. The number of fused-ring (bicyclic) bond motifs is 1. The maximum atomic E-state index is 12.8. The van der Waals surface area contributed by atoms with E-state index in [1.165, 1.54) is 4.34 Å². The number of tetrazole rings is 1. The molecule has 4 rings (SSSR count). The highest BCUT2D eigenvalue weighted by Crippen LogP contribution is 2.35. The summed E-state index contributed by atoms with van der Waals surface area (Å²) in [6.45, 7) is 2.85. The minimum Gasteiger partial charge on any atom is -0.353 e. The average Bonchev–Trinajstić information content (AvgIpc) is 3.21. The summed E-state index contributed by atoms with van der Waals surface area (Å²) in [6, 6.07) is 0.268. The number of amides is 1.